The normalized spacial score (nSPS) is 10.9. The Bertz CT molecular complexity index is 606. The SMILES string of the molecule is CCc1ccc(NC(N)=NCc2ccccc2CC)cc1.I. The van der Waals surface area contributed by atoms with Crippen molar-refractivity contribution in [2.24, 2.45) is 10.7 Å². The highest BCUT2D eigenvalue weighted by atomic mass is 127. The Morgan fingerprint density at radius 2 is 1.59 bits per heavy atom. The number of nitrogens with two attached hydrogens (primary N) is 1. The zero-order valence-electron chi connectivity index (χ0n) is 13.2. The van der Waals surface area contributed by atoms with Crippen molar-refractivity contribution < 1.29 is 0 Å². The predicted molar refractivity (Wildman–Crippen MR) is 106 cm³/mol. The molecule has 2 aromatic carbocycles. The molecule has 0 radical (unpaired) electrons. The predicted octanol–water partition coefficient (Wildman–Crippen LogP) is 4.36. The lowest BCUT2D eigenvalue weighted by molar-refractivity contribution is 0.998. The summed E-state index contributed by atoms with van der Waals surface area (Å²) in [4.78, 5) is 4.42. The average Bonchev–Trinajstić information content (AvgIpc) is 2.54. The van der Waals surface area contributed by atoms with Crippen LogP contribution in [-0.2, 0) is 19.4 Å². The Morgan fingerprint density at radius 1 is 0.955 bits per heavy atom. The molecule has 0 bridgehead atoms. The van der Waals surface area contributed by atoms with Crippen LogP contribution < -0.4 is 11.1 Å². The molecular formula is C18H24IN3. The minimum absolute atomic E-state index is 0. The van der Waals surface area contributed by atoms with Crippen molar-refractivity contribution in [2.75, 3.05) is 5.32 Å². The third-order valence-electron chi connectivity index (χ3n) is 3.55. The summed E-state index contributed by atoms with van der Waals surface area (Å²) >= 11 is 0. The number of benzene rings is 2. The monoisotopic (exact) mass is 409 g/mol. The number of hydrogen-bond acceptors (Lipinski definition) is 1. The number of nitrogens with one attached hydrogen (secondary N) is 1. The van der Waals surface area contributed by atoms with Crippen LogP contribution in [0.3, 0.4) is 0 Å². The van der Waals surface area contributed by atoms with Gasteiger partial charge in [0.2, 0.25) is 0 Å². The number of aryl methyl sites for hydroxylation is 2. The molecule has 0 spiro atoms. The second-order valence-electron chi connectivity index (χ2n) is 5.00. The summed E-state index contributed by atoms with van der Waals surface area (Å²) in [7, 11) is 0. The van der Waals surface area contributed by atoms with Crippen molar-refractivity contribution in [2.45, 2.75) is 33.2 Å². The molecule has 0 aliphatic rings. The van der Waals surface area contributed by atoms with E-state index >= 15 is 0 Å². The van der Waals surface area contributed by atoms with Crippen LogP contribution in [0.5, 0.6) is 0 Å². The first-order valence-corrected chi connectivity index (χ1v) is 7.45. The minimum atomic E-state index is 0. The maximum absolute atomic E-state index is 5.95. The summed E-state index contributed by atoms with van der Waals surface area (Å²) in [5.74, 6) is 0.449. The van der Waals surface area contributed by atoms with E-state index < -0.39 is 0 Å². The van der Waals surface area contributed by atoms with Gasteiger partial charge in [0.15, 0.2) is 5.96 Å². The molecule has 22 heavy (non-hydrogen) atoms. The van der Waals surface area contributed by atoms with Crippen molar-refractivity contribution in [3.8, 4) is 0 Å². The van der Waals surface area contributed by atoms with E-state index in [4.69, 9.17) is 5.73 Å². The molecule has 3 N–H and O–H groups in total. The molecule has 2 rings (SSSR count). The van der Waals surface area contributed by atoms with Crippen LogP contribution in [0.2, 0.25) is 0 Å². The van der Waals surface area contributed by atoms with Crippen LogP contribution in [0, 0.1) is 0 Å². The summed E-state index contributed by atoms with van der Waals surface area (Å²) in [6.45, 7) is 4.90. The highest BCUT2D eigenvalue weighted by Gasteiger charge is 2.00. The van der Waals surface area contributed by atoms with Gasteiger partial charge in [0.1, 0.15) is 0 Å². The van der Waals surface area contributed by atoms with Gasteiger partial charge in [-0.1, -0.05) is 50.2 Å². The molecule has 0 fully saturated rings. The van der Waals surface area contributed by atoms with Crippen molar-refractivity contribution in [3.63, 3.8) is 0 Å². The molecule has 0 unspecified atom stereocenters. The number of aliphatic imine (C=N–C) groups is 1. The van der Waals surface area contributed by atoms with E-state index in [-0.39, 0.29) is 24.0 Å². The lowest BCUT2D eigenvalue weighted by Crippen LogP contribution is -2.22. The zero-order valence-corrected chi connectivity index (χ0v) is 15.5. The van der Waals surface area contributed by atoms with E-state index in [9.17, 15) is 0 Å². The second-order valence-corrected chi connectivity index (χ2v) is 5.00. The van der Waals surface area contributed by atoms with Crippen LogP contribution in [0.25, 0.3) is 0 Å². The summed E-state index contributed by atoms with van der Waals surface area (Å²) in [6, 6.07) is 16.6. The van der Waals surface area contributed by atoms with Gasteiger partial charge >= 0.3 is 0 Å². The van der Waals surface area contributed by atoms with Gasteiger partial charge in [-0.2, -0.15) is 0 Å². The van der Waals surface area contributed by atoms with E-state index in [1.54, 1.807) is 0 Å². The third kappa shape index (κ3) is 5.33. The van der Waals surface area contributed by atoms with Gasteiger partial charge in [0.25, 0.3) is 0 Å². The van der Waals surface area contributed by atoms with E-state index in [1.807, 2.05) is 18.2 Å². The van der Waals surface area contributed by atoms with Crippen molar-refractivity contribution in [3.05, 3.63) is 65.2 Å². The summed E-state index contributed by atoms with van der Waals surface area (Å²) in [5.41, 5.74) is 10.8. The van der Waals surface area contributed by atoms with Gasteiger partial charge in [-0.05, 0) is 41.7 Å². The third-order valence-corrected chi connectivity index (χ3v) is 3.55. The quantitative estimate of drug-likeness (QED) is 0.438. The van der Waals surface area contributed by atoms with E-state index in [0.717, 1.165) is 18.5 Å². The Kier molecular flexibility index (Phi) is 7.95. The highest BCUT2D eigenvalue weighted by Crippen LogP contribution is 2.12. The van der Waals surface area contributed by atoms with Crippen LogP contribution in [0.15, 0.2) is 53.5 Å². The van der Waals surface area contributed by atoms with E-state index in [1.165, 1.54) is 16.7 Å². The van der Waals surface area contributed by atoms with E-state index in [2.05, 4.69) is 54.5 Å². The van der Waals surface area contributed by atoms with Crippen molar-refractivity contribution >= 4 is 35.6 Å². The molecule has 2 aromatic rings. The molecule has 3 nitrogen and oxygen atoms in total. The smallest absolute Gasteiger partial charge is 0.193 e. The fourth-order valence-electron chi connectivity index (χ4n) is 2.24. The lowest BCUT2D eigenvalue weighted by atomic mass is 10.1. The Balaban J connectivity index is 0.00000242. The van der Waals surface area contributed by atoms with Crippen LogP contribution in [-0.4, -0.2) is 5.96 Å². The van der Waals surface area contributed by atoms with Crippen molar-refractivity contribution in [1.29, 1.82) is 0 Å². The molecule has 0 aliphatic carbocycles. The van der Waals surface area contributed by atoms with Crippen molar-refractivity contribution in [1.82, 2.24) is 0 Å². The Morgan fingerprint density at radius 3 is 2.18 bits per heavy atom. The maximum Gasteiger partial charge on any atom is 0.193 e. The molecule has 0 heterocycles. The first kappa shape index (κ1) is 18.5. The molecular weight excluding hydrogens is 385 g/mol. The zero-order chi connectivity index (χ0) is 15.1. The Labute approximate surface area is 150 Å². The van der Waals surface area contributed by atoms with Crippen LogP contribution in [0.4, 0.5) is 5.69 Å². The standard InChI is InChI=1S/C18H23N3.HI/c1-3-14-9-11-17(12-10-14)21-18(19)20-13-16-8-6-5-7-15(16)4-2;/h5-12H,3-4,13H2,1-2H3,(H3,19,20,21);1H. The summed E-state index contributed by atoms with van der Waals surface area (Å²) < 4.78 is 0. The number of anilines is 1. The number of guanidine groups is 1. The van der Waals surface area contributed by atoms with Gasteiger partial charge in [0.05, 0.1) is 6.54 Å². The van der Waals surface area contributed by atoms with Gasteiger partial charge in [0, 0.05) is 5.69 Å². The van der Waals surface area contributed by atoms with Gasteiger partial charge < -0.3 is 11.1 Å². The lowest BCUT2D eigenvalue weighted by Gasteiger charge is -2.08. The number of nitrogens with zero attached hydrogens (tertiary/aromatic N) is 1. The molecule has 0 aromatic heterocycles. The van der Waals surface area contributed by atoms with Gasteiger partial charge in [-0.25, -0.2) is 4.99 Å². The van der Waals surface area contributed by atoms with Gasteiger partial charge in [-0.3, -0.25) is 0 Å². The number of rotatable bonds is 5. The second kappa shape index (κ2) is 9.46. The first-order valence-electron chi connectivity index (χ1n) is 7.45. The van der Waals surface area contributed by atoms with Gasteiger partial charge in [-0.15, -0.1) is 24.0 Å². The summed E-state index contributed by atoms with van der Waals surface area (Å²) in [6.07, 6.45) is 2.05. The fraction of sp³-hybridized carbons (Fsp3) is 0.278. The maximum atomic E-state index is 5.95. The molecule has 0 saturated heterocycles. The number of halogens is 1. The average molecular weight is 409 g/mol. The topological polar surface area (TPSA) is 50.4 Å². The molecule has 0 aliphatic heterocycles. The van der Waals surface area contributed by atoms with Crippen LogP contribution in [0.1, 0.15) is 30.5 Å². The largest absolute Gasteiger partial charge is 0.370 e. The highest BCUT2D eigenvalue weighted by molar-refractivity contribution is 14.0. The fourth-order valence-corrected chi connectivity index (χ4v) is 2.24. The number of hydrogen-bond donors (Lipinski definition) is 2. The summed E-state index contributed by atoms with van der Waals surface area (Å²) in [5, 5.41) is 3.13. The molecule has 0 amide bonds. The molecule has 118 valence electrons. The molecule has 0 saturated carbocycles. The molecule has 4 heteroatoms. The first-order chi connectivity index (χ1) is 10.2. The minimum Gasteiger partial charge on any atom is -0.370 e. The molecule has 0 atom stereocenters. The Hall–Kier alpha value is -1.56. The van der Waals surface area contributed by atoms with Crippen LogP contribution >= 0.6 is 24.0 Å². The van der Waals surface area contributed by atoms with E-state index in [0.29, 0.717) is 12.5 Å².